The van der Waals surface area contributed by atoms with Gasteiger partial charge in [-0.2, -0.15) is 0 Å². The summed E-state index contributed by atoms with van der Waals surface area (Å²) in [5.41, 5.74) is 2.67. The van der Waals surface area contributed by atoms with E-state index in [9.17, 15) is 13.9 Å². The van der Waals surface area contributed by atoms with Crippen molar-refractivity contribution < 1.29 is 13.9 Å². The minimum atomic E-state index is -0.564. The highest BCUT2D eigenvalue weighted by molar-refractivity contribution is 7.48. The maximum Gasteiger partial charge on any atom is 0.133 e. The molecule has 1 nitrogen and oxygen atoms in total. The SMILES string of the molecule is CCCC(CC)(Pc1ccc(F)cc1F)c1cc(C(C)(C)C)cc(C(C)(C)C)c1O. The van der Waals surface area contributed by atoms with E-state index in [1.807, 2.05) is 0 Å². The molecule has 0 fully saturated rings. The molecule has 2 atom stereocenters. The average molecular weight is 435 g/mol. The second-order valence-electron chi connectivity index (χ2n) is 10.4. The lowest BCUT2D eigenvalue weighted by Crippen LogP contribution is -2.26. The molecular weight excluding hydrogens is 397 g/mol. The summed E-state index contributed by atoms with van der Waals surface area (Å²) in [6.45, 7) is 17.0. The van der Waals surface area contributed by atoms with Crippen LogP contribution in [0.1, 0.15) is 91.3 Å². The van der Waals surface area contributed by atoms with Crippen molar-refractivity contribution in [3.8, 4) is 5.75 Å². The van der Waals surface area contributed by atoms with Crippen LogP contribution >= 0.6 is 8.58 Å². The van der Waals surface area contributed by atoms with Crippen molar-refractivity contribution in [3.63, 3.8) is 0 Å². The summed E-state index contributed by atoms with van der Waals surface area (Å²) in [4.78, 5) is 0. The van der Waals surface area contributed by atoms with E-state index >= 15 is 0 Å². The summed E-state index contributed by atoms with van der Waals surface area (Å²) in [5.74, 6) is -0.753. The van der Waals surface area contributed by atoms with Gasteiger partial charge in [-0.25, -0.2) is 8.78 Å². The third-order valence-electron chi connectivity index (χ3n) is 5.88. The van der Waals surface area contributed by atoms with Crippen molar-refractivity contribution >= 4 is 13.9 Å². The van der Waals surface area contributed by atoms with E-state index in [1.54, 1.807) is 6.07 Å². The van der Waals surface area contributed by atoms with E-state index in [-0.39, 0.29) is 19.4 Å². The number of phenolic OH excluding ortho intramolecular Hbond substituents is 1. The Morgan fingerprint density at radius 2 is 1.47 bits per heavy atom. The lowest BCUT2D eigenvalue weighted by atomic mass is 9.76. The predicted molar refractivity (Wildman–Crippen MR) is 127 cm³/mol. The van der Waals surface area contributed by atoms with Crippen LogP contribution in [-0.2, 0) is 16.0 Å². The predicted octanol–water partition coefficient (Wildman–Crippen LogP) is 7.67. The fourth-order valence-electron chi connectivity index (χ4n) is 4.00. The minimum absolute atomic E-state index is 0.0849. The van der Waals surface area contributed by atoms with Crippen molar-refractivity contribution in [2.75, 3.05) is 0 Å². The molecule has 30 heavy (non-hydrogen) atoms. The molecule has 0 bridgehead atoms. The van der Waals surface area contributed by atoms with E-state index in [2.05, 4.69) is 67.5 Å². The maximum absolute atomic E-state index is 14.6. The van der Waals surface area contributed by atoms with Gasteiger partial charge in [-0.3, -0.25) is 0 Å². The van der Waals surface area contributed by atoms with Gasteiger partial charge >= 0.3 is 0 Å². The molecule has 0 radical (unpaired) electrons. The summed E-state index contributed by atoms with van der Waals surface area (Å²) in [5, 5.41) is 11.6. The molecule has 0 spiro atoms. The van der Waals surface area contributed by atoms with Crippen LogP contribution in [0.4, 0.5) is 8.78 Å². The molecule has 2 rings (SSSR count). The van der Waals surface area contributed by atoms with E-state index in [0.29, 0.717) is 11.1 Å². The minimum Gasteiger partial charge on any atom is -0.507 e. The second kappa shape index (κ2) is 8.95. The topological polar surface area (TPSA) is 20.2 Å². The van der Waals surface area contributed by atoms with Gasteiger partial charge in [-0.05, 0) is 46.9 Å². The number of hydrogen-bond acceptors (Lipinski definition) is 1. The second-order valence-corrected chi connectivity index (χ2v) is 12.1. The zero-order valence-electron chi connectivity index (χ0n) is 19.7. The molecule has 166 valence electrons. The van der Waals surface area contributed by atoms with Crippen LogP contribution in [-0.4, -0.2) is 5.11 Å². The standard InChI is InChI=1S/C26H37F2OP/c1-9-13-26(10-2,30-22-12-11-18(27)16-21(22)28)20-15-17(24(3,4)5)14-19(23(20)29)25(6,7)8/h11-12,14-16,29-30H,9-10,13H2,1-8H3. The Kier molecular flexibility index (Phi) is 7.40. The van der Waals surface area contributed by atoms with Gasteiger partial charge in [0.2, 0.25) is 0 Å². The molecule has 0 heterocycles. The Labute approximate surface area is 183 Å². The molecule has 0 aliphatic carbocycles. The van der Waals surface area contributed by atoms with Gasteiger partial charge in [0, 0.05) is 22.1 Å². The Bertz CT molecular complexity index is 893. The van der Waals surface area contributed by atoms with Crippen molar-refractivity contribution in [2.24, 2.45) is 0 Å². The first kappa shape index (κ1) is 24.8. The third-order valence-corrected chi connectivity index (χ3v) is 7.91. The average Bonchev–Trinajstić information content (AvgIpc) is 2.61. The van der Waals surface area contributed by atoms with Gasteiger partial charge in [0.1, 0.15) is 17.4 Å². The summed E-state index contributed by atoms with van der Waals surface area (Å²) in [6, 6.07) is 8.08. The lowest BCUT2D eigenvalue weighted by Gasteiger charge is -2.37. The van der Waals surface area contributed by atoms with Crippen molar-refractivity contribution in [3.05, 3.63) is 58.7 Å². The fourth-order valence-corrected chi connectivity index (χ4v) is 5.75. The molecule has 2 unspecified atom stereocenters. The highest BCUT2D eigenvalue weighted by atomic mass is 31.1. The van der Waals surface area contributed by atoms with Crippen LogP contribution in [0.5, 0.6) is 5.75 Å². The normalized spacial score (nSPS) is 15.0. The van der Waals surface area contributed by atoms with E-state index in [4.69, 9.17) is 0 Å². The van der Waals surface area contributed by atoms with Gasteiger partial charge in [0.15, 0.2) is 0 Å². The molecule has 2 aromatic rings. The smallest absolute Gasteiger partial charge is 0.133 e. The number of aromatic hydroxyl groups is 1. The highest BCUT2D eigenvalue weighted by Crippen LogP contribution is 2.53. The van der Waals surface area contributed by atoms with Crippen molar-refractivity contribution in [1.29, 1.82) is 0 Å². The number of rotatable bonds is 6. The van der Waals surface area contributed by atoms with Crippen LogP contribution in [0.25, 0.3) is 0 Å². The number of hydrogen-bond donors (Lipinski definition) is 1. The molecule has 0 saturated heterocycles. The third kappa shape index (κ3) is 5.22. The number of phenols is 1. The highest BCUT2D eigenvalue weighted by Gasteiger charge is 2.37. The molecular formula is C26H37F2OP. The van der Waals surface area contributed by atoms with E-state index in [0.717, 1.165) is 36.5 Å². The van der Waals surface area contributed by atoms with Gasteiger partial charge < -0.3 is 5.11 Å². The first-order valence-corrected chi connectivity index (χ1v) is 11.9. The van der Waals surface area contributed by atoms with E-state index < -0.39 is 16.8 Å². The molecule has 4 heteroatoms. The van der Waals surface area contributed by atoms with Crippen LogP contribution in [0.15, 0.2) is 30.3 Å². The number of halogens is 2. The molecule has 0 amide bonds. The van der Waals surface area contributed by atoms with Crippen LogP contribution in [0.2, 0.25) is 0 Å². The Hall–Kier alpha value is -1.47. The van der Waals surface area contributed by atoms with E-state index in [1.165, 1.54) is 11.6 Å². The summed E-state index contributed by atoms with van der Waals surface area (Å²) < 4.78 is 28.1. The summed E-state index contributed by atoms with van der Waals surface area (Å²) >= 11 is 0. The Balaban J connectivity index is 2.80. The molecule has 0 saturated carbocycles. The van der Waals surface area contributed by atoms with Gasteiger partial charge in [-0.15, -0.1) is 0 Å². The Morgan fingerprint density at radius 1 is 0.867 bits per heavy atom. The molecule has 2 aromatic carbocycles. The van der Waals surface area contributed by atoms with Crippen LogP contribution < -0.4 is 5.30 Å². The largest absolute Gasteiger partial charge is 0.507 e. The van der Waals surface area contributed by atoms with Gasteiger partial charge in [0.05, 0.1) is 0 Å². The van der Waals surface area contributed by atoms with Crippen molar-refractivity contribution in [1.82, 2.24) is 0 Å². The molecule has 0 aliphatic heterocycles. The van der Waals surface area contributed by atoms with Gasteiger partial charge in [0.25, 0.3) is 0 Å². The lowest BCUT2D eigenvalue weighted by molar-refractivity contribution is 0.418. The first-order chi connectivity index (χ1) is 13.7. The van der Waals surface area contributed by atoms with Crippen LogP contribution in [0, 0.1) is 11.6 Å². The first-order valence-electron chi connectivity index (χ1n) is 10.9. The van der Waals surface area contributed by atoms with Crippen molar-refractivity contribution in [2.45, 2.75) is 90.6 Å². The van der Waals surface area contributed by atoms with Gasteiger partial charge in [-0.1, -0.05) is 82.5 Å². The monoisotopic (exact) mass is 434 g/mol. The Morgan fingerprint density at radius 3 is 1.93 bits per heavy atom. The molecule has 1 N–H and O–H groups in total. The number of benzene rings is 2. The summed E-state index contributed by atoms with van der Waals surface area (Å²) in [7, 11) is 0.0996. The summed E-state index contributed by atoms with van der Waals surface area (Å²) in [6.07, 6.45) is 2.50. The van der Waals surface area contributed by atoms with Crippen LogP contribution in [0.3, 0.4) is 0 Å². The maximum atomic E-state index is 14.6. The zero-order valence-corrected chi connectivity index (χ0v) is 20.7. The molecule has 0 aliphatic rings. The quantitative estimate of drug-likeness (QED) is 0.462. The fraction of sp³-hybridized carbons (Fsp3) is 0.538. The molecule has 0 aromatic heterocycles. The zero-order chi connectivity index (χ0) is 22.9.